The summed E-state index contributed by atoms with van der Waals surface area (Å²) >= 11 is 0. The van der Waals surface area contributed by atoms with Crippen LogP contribution in [0, 0.1) is 0 Å². The standard InChI is InChI=1S/C9H19N3O2/c1-3-4-7(2)12-9(14)6-11-8(13)5-10/h7H,3-6,10H2,1-2H3,(H,11,13)(H,12,14). The minimum atomic E-state index is -0.316. The zero-order valence-corrected chi connectivity index (χ0v) is 8.80. The van der Waals surface area contributed by atoms with Gasteiger partial charge in [-0.1, -0.05) is 13.3 Å². The number of hydrogen-bond donors (Lipinski definition) is 3. The number of nitrogens with two attached hydrogens (primary N) is 1. The second kappa shape index (κ2) is 7.32. The molecule has 0 saturated heterocycles. The lowest BCUT2D eigenvalue weighted by Crippen LogP contribution is -2.42. The molecule has 2 amide bonds. The Kier molecular flexibility index (Phi) is 6.74. The number of rotatable bonds is 6. The predicted molar refractivity (Wildman–Crippen MR) is 54.6 cm³/mol. The molecule has 0 aromatic carbocycles. The summed E-state index contributed by atoms with van der Waals surface area (Å²) in [6, 6.07) is 0.155. The Morgan fingerprint density at radius 2 is 2.00 bits per heavy atom. The molecule has 0 aromatic rings. The van der Waals surface area contributed by atoms with Gasteiger partial charge in [0.05, 0.1) is 13.1 Å². The van der Waals surface area contributed by atoms with E-state index in [4.69, 9.17) is 5.73 Å². The molecule has 0 aliphatic rings. The van der Waals surface area contributed by atoms with E-state index in [1.165, 1.54) is 0 Å². The highest BCUT2D eigenvalue weighted by atomic mass is 16.2. The Bertz CT molecular complexity index is 194. The number of carbonyl (C=O) groups is 2. The molecule has 1 unspecified atom stereocenters. The van der Waals surface area contributed by atoms with Gasteiger partial charge < -0.3 is 16.4 Å². The van der Waals surface area contributed by atoms with Crippen molar-refractivity contribution in [1.82, 2.24) is 10.6 Å². The van der Waals surface area contributed by atoms with E-state index in [9.17, 15) is 9.59 Å². The Hall–Kier alpha value is -1.10. The van der Waals surface area contributed by atoms with Crippen LogP contribution in [0.3, 0.4) is 0 Å². The van der Waals surface area contributed by atoms with Gasteiger partial charge >= 0.3 is 0 Å². The summed E-state index contributed by atoms with van der Waals surface area (Å²) in [6.07, 6.45) is 1.97. The molecule has 1 atom stereocenters. The van der Waals surface area contributed by atoms with E-state index < -0.39 is 0 Å². The van der Waals surface area contributed by atoms with Crippen LogP contribution < -0.4 is 16.4 Å². The molecular formula is C9H19N3O2. The molecular weight excluding hydrogens is 182 g/mol. The van der Waals surface area contributed by atoms with E-state index in [2.05, 4.69) is 17.6 Å². The maximum Gasteiger partial charge on any atom is 0.239 e. The lowest BCUT2D eigenvalue weighted by molar-refractivity contribution is -0.125. The highest BCUT2D eigenvalue weighted by Crippen LogP contribution is 1.93. The van der Waals surface area contributed by atoms with Crippen LogP contribution in [0.4, 0.5) is 0 Å². The fourth-order valence-electron chi connectivity index (χ4n) is 1.08. The van der Waals surface area contributed by atoms with Crippen LogP contribution in [0.2, 0.25) is 0 Å². The van der Waals surface area contributed by atoms with Crippen molar-refractivity contribution in [3.05, 3.63) is 0 Å². The lowest BCUT2D eigenvalue weighted by atomic mass is 10.2. The molecule has 5 nitrogen and oxygen atoms in total. The molecule has 5 heteroatoms. The van der Waals surface area contributed by atoms with E-state index >= 15 is 0 Å². The maximum absolute atomic E-state index is 11.2. The van der Waals surface area contributed by atoms with Crippen molar-refractivity contribution >= 4 is 11.8 Å². The van der Waals surface area contributed by atoms with Crippen molar-refractivity contribution in [2.24, 2.45) is 5.73 Å². The van der Waals surface area contributed by atoms with E-state index in [0.717, 1.165) is 12.8 Å². The molecule has 0 radical (unpaired) electrons. The minimum absolute atomic E-state index is 0.00406. The van der Waals surface area contributed by atoms with E-state index in [1.807, 2.05) is 6.92 Å². The monoisotopic (exact) mass is 201 g/mol. The van der Waals surface area contributed by atoms with Crippen LogP contribution >= 0.6 is 0 Å². The molecule has 14 heavy (non-hydrogen) atoms. The first-order valence-corrected chi connectivity index (χ1v) is 4.86. The maximum atomic E-state index is 11.2. The normalized spacial score (nSPS) is 11.9. The van der Waals surface area contributed by atoms with Gasteiger partial charge in [0.25, 0.3) is 0 Å². The number of amides is 2. The molecule has 82 valence electrons. The van der Waals surface area contributed by atoms with Crippen molar-refractivity contribution in [3.63, 3.8) is 0 Å². The average Bonchev–Trinajstić information content (AvgIpc) is 2.14. The third kappa shape index (κ3) is 6.42. The Balaban J connectivity index is 3.59. The molecule has 0 saturated carbocycles. The highest BCUT2D eigenvalue weighted by molar-refractivity contribution is 5.85. The van der Waals surface area contributed by atoms with E-state index in [-0.39, 0.29) is 30.9 Å². The second-order valence-corrected chi connectivity index (χ2v) is 3.24. The predicted octanol–water partition coefficient (Wildman–Crippen LogP) is -0.634. The van der Waals surface area contributed by atoms with Crippen molar-refractivity contribution in [1.29, 1.82) is 0 Å². The van der Waals surface area contributed by atoms with Crippen molar-refractivity contribution in [2.75, 3.05) is 13.1 Å². The highest BCUT2D eigenvalue weighted by Gasteiger charge is 2.06. The van der Waals surface area contributed by atoms with Gasteiger partial charge in [-0.05, 0) is 13.3 Å². The van der Waals surface area contributed by atoms with Gasteiger partial charge in [0.15, 0.2) is 0 Å². The molecule has 4 N–H and O–H groups in total. The summed E-state index contributed by atoms with van der Waals surface area (Å²) in [6.45, 7) is 3.91. The quantitative estimate of drug-likeness (QED) is 0.535. The fraction of sp³-hybridized carbons (Fsp3) is 0.778. The van der Waals surface area contributed by atoms with Crippen LogP contribution in [0.5, 0.6) is 0 Å². The molecule has 0 heterocycles. The summed E-state index contributed by atoms with van der Waals surface area (Å²) in [4.78, 5) is 21.9. The van der Waals surface area contributed by atoms with Crippen LogP contribution in [0.1, 0.15) is 26.7 Å². The van der Waals surface area contributed by atoms with Crippen molar-refractivity contribution in [2.45, 2.75) is 32.7 Å². The smallest absolute Gasteiger partial charge is 0.239 e. The third-order valence-corrected chi connectivity index (χ3v) is 1.76. The molecule has 0 aromatic heterocycles. The Morgan fingerprint density at radius 1 is 1.36 bits per heavy atom. The van der Waals surface area contributed by atoms with Gasteiger partial charge in [-0.2, -0.15) is 0 Å². The molecule has 0 bridgehead atoms. The topological polar surface area (TPSA) is 84.2 Å². The molecule has 0 aliphatic heterocycles. The zero-order valence-electron chi connectivity index (χ0n) is 8.80. The van der Waals surface area contributed by atoms with Crippen LogP contribution in [0.25, 0.3) is 0 Å². The summed E-state index contributed by atoms with van der Waals surface area (Å²) in [7, 11) is 0. The van der Waals surface area contributed by atoms with Gasteiger partial charge in [-0.25, -0.2) is 0 Å². The largest absolute Gasteiger partial charge is 0.352 e. The van der Waals surface area contributed by atoms with Gasteiger partial charge in [0.2, 0.25) is 11.8 Å². The van der Waals surface area contributed by atoms with Crippen LogP contribution in [-0.2, 0) is 9.59 Å². The lowest BCUT2D eigenvalue weighted by Gasteiger charge is -2.12. The van der Waals surface area contributed by atoms with Gasteiger partial charge in [0, 0.05) is 6.04 Å². The second-order valence-electron chi connectivity index (χ2n) is 3.24. The minimum Gasteiger partial charge on any atom is -0.352 e. The first-order chi connectivity index (χ1) is 6.60. The molecule has 0 aliphatic carbocycles. The Morgan fingerprint density at radius 3 is 2.50 bits per heavy atom. The average molecular weight is 201 g/mol. The van der Waals surface area contributed by atoms with E-state index in [0.29, 0.717) is 0 Å². The number of hydrogen-bond acceptors (Lipinski definition) is 3. The van der Waals surface area contributed by atoms with Gasteiger partial charge in [-0.3, -0.25) is 9.59 Å². The Labute approximate surface area is 84.4 Å². The number of carbonyl (C=O) groups excluding carboxylic acids is 2. The third-order valence-electron chi connectivity index (χ3n) is 1.76. The first-order valence-electron chi connectivity index (χ1n) is 4.86. The van der Waals surface area contributed by atoms with Crippen LogP contribution in [0.15, 0.2) is 0 Å². The first kappa shape index (κ1) is 12.9. The summed E-state index contributed by atoms with van der Waals surface area (Å²) < 4.78 is 0. The van der Waals surface area contributed by atoms with Gasteiger partial charge in [-0.15, -0.1) is 0 Å². The molecule has 0 fully saturated rings. The molecule has 0 rings (SSSR count). The van der Waals surface area contributed by atoms with E-state index in [1.54, 1.807) is 0 Å². The van der Waals surface area contributed by atoms with Crippen molar-refractivity contribution in [3.8, 4) is 0 Å². The summed E-state index contributed by atoms with van der Waals surface area (Å²) in [5.41, 5.74) is 5.06. The zero-order chi connectivity index (χ0) is 11.0. The summed E-state index contributed by atoms with van der Waals surface area (Å²) in [5, 5.41) is 5.17. The van der Waals surface area contributed by atoms with Crippen LogP contribution in [-0.4, -0.2) is 30.9 Å². The number of nitrogens with one attached hydrogen (secondary N) is 2. The fourth-order valence-corrected chi connectivity index (χ4v) is 1.08. The van der Waals surface area contributed by atoms with Gasteiger partial charge in [0.1, 0.15) is 0 Å². The summed E-state index contributed by atoms with van der Waals surface area (Å²) in [5.74, 6) is -0.490. The van der Waals surface area contributed by atoms with Crippen molar-refractivity contribution < 1.29 is 9.59 Å². The SMILES string of the molecule is CCCC(C)NC(=O)CNC(=O)CN. The molecule has 0 spiro atoms.